The second kappa shape index (κ2) is 10.2. The van der Waals surface area contributed by atoms with Gasteiger partial charge in [-0.25, -0.2) is 0 Å². The predicted molar refractivity (Wildman–Crippen MR) is 38.7 cm³/mol. The van der Waals surface area contributed by atoms with Crippen LogP contribution in [0.5, 0.6) is 0 Å². The molecule has 17 heavy (non-hydrogen) atoms. The first-order valence-electron chi connectivity index (χ1n) is 3.78. The topological polar surface area (TPSA) is 181 Å². The summed E-state index contributed by atoms with van der Waals surface area (Å²) in [7, 11) is 0. The van der Waals surface area contributed by atoms with Gasteiger partial charge in [0.2, 0.25) is 0 Å². The van der Waals surface area contributed by atoms with Crippen molar-refractivity contribution in [1.29, 1.82) is 0 Å². The Morgan fingerprint density at radius 3 is 1.06 bits per heavy atom. The van der Waals surface area contributed by atoms with Crippen molar-refractivity contribution in [1.82, 2.24) is 0 Å². The van der Waals surface area contributed by atoms with Crippen LogP contribution in [-0.4, -0.2) is 51.5 Å². The van der Waals surface area contributed by atoms with E-state index < -0.39 is 36.2 Å². The number of carboxylic acid groups (broad SMARTS) is 3. The molecule has 3 N–H and O–H groups in total. The van der Waals surface area contributed by atoms with Crippen molar-refractivity contribution in [3.05, 3.63) is 0 Å². The first kappa shape index (κ1) is 21.3. The Hall–Kier alpha value is -0.996. The average molecular weight is 285 g/mol. The Bertz CT molecular complexity index is 246. The molecule has 0 aliphatic rings. The molecule has 0 rings (SSSR count). The smallest absolute Gasteiger partial charge is 0.547 e. The van der Waals surface area contributed by atoms with E-state index in [1.54, 1.807) is 0 Å². The van der Waals surface area contributed by atoms with Crippen LogP contribution in [-0.2, 0) is 36.1 Å². The van der Waals surface area contributed by atoms with Crippen LogP contribution in [0.3, 0.4) is 0 Å². The second-order valence-corrected chi connectivity index (χ2v) is 2.52. The van der Waals surface area contributed by atoms with Crippen molar-refractivity contribution >= 4 is 17.9 Å². The first-order chi connectivity index (χ1) is 7.11. The molecule has 0 saturated carbocycles. The van der Waals surface area contributed by atoms with E-state index in [1.807, 2.05) is 0 Å². The van der Waals surface area contributed by atoms with E-state index >= 15 is 0 Å². The molecule has 0 spiro atoms. The molecule has 0 heterocycles. The Labute approximate surface area is 110 Å². The molecule has 3 unspecified atom stereocenters. The number of carbonyl (C=O) groups excluding carboxylic acids is 3. The fraction of sp³-hybridized carbons (Fsp3) is 0.571. The second-order valence-electron chi connectivity index (χ2n) is 2.52. The zero-order valence-electron chi connectivity index (χ0n) is 8.52. The van der Waals surface area contributed by atoms with Gasteiger partial charge in [0.25, 0.3) is 0 Å². The van der Waals surface area contributed by atoms with Crippen LogP contribution in [0.4, 0.5) is 0 Å². The molecular formula is C7H9O9Ti. The van der Waals surface area contributed by atoms with Gasteiger partial charge in [-0.1, -0.05) is 0 Å². The minimum atomic E-state index is -2.44. The van der Waals surface area contributed by atoms with Gasteiger partial charge in [0.1, 0.15) is 12.2 Å². The summed E-state index contributed by atoms with van der Waals surface area (Å²) >= 11 is 0. The Morgan fingerprint density at radius 2 is 1.00 bits per heavy atom. The van der Waals surface area contributed by atoms with Crippen molar-refractivity contribution < 1.29 is 66.7 Å². The van der Waals surface area contributed by atoms with Gasteiger partial charge in [0.15, 0.2) is 0 Å². The molecule has 9 nitrogen and oxygen atoms in total. The SMILES string of the molecule is CC(O)C(=O)[O-].O=C([O-])C(O)C(O)C(=O)[O-].[Ti+3]. The quantitative estimate of drug-likeness (QED) is 0.422. The molecule has 0 aromatic carbocycles. The van der Waals surface area contributed by atoms with Crippen LogP contribution < -0.4 is 15.3 Å². The summed E-state index contributed by atoms with van der Waals surface area (Å²) in [4.78, 5) is 28.6. The molecule has 1 radical (unpaired) electrons. The normalized spacial score (nSPS) is 14.1. The maximum absolute atomic E-state index is 9.63. The molecule has 0 bridgehead atoms. The summed E-state index contributed by atoms with van der Waals surface area (Å²) in [6, 6.07) is 0. The third kappa shape index (κ3) is 11.3. The summed E-state index contributed by atoms with van der Waals surface area (Å²) in [6.45, 7) is 1.13. The maximum Gasteiger partial charge on any atom is 3.00 e. The maximum atomic E-state index is 9.63. The minimum Gasteiger partial charge on any atom is -0.547 e. The van der Waals surface area contributed by atoms with Gasteiger partial charge in [-0.05, 0) is 6.92 Å². The average Bonchev–Trinajstić information content (AvgIpc) is 2.15. The van der Waals surface area contributed by atoms with Crippen molar-refractivity contribution in [3.8, 4) is 0 Å². The minimum absolute atomic E-state index is 0. The number of hydrogen-bond donors (Lipinski definition) is 3. The summed E-state index contributed by atoms with van der Waals surface area (Å²) in [5.41, 5.74) is 0. The molecule has 0 amide bonds. The van der Waals surface area contributed by atoms with E-state index in [9.17, 15) is 29.7 Å². The molecule has 0 aromatic rings. The zero-order chi connectivity index (χ0) is 13.5. The van der Waals surface area contributed by atoms with Crippen LogP contribution in [0.2, 0.25) is 0 Å². The number of carboxylic acids is 3. The van der Waals surface area contributed by atoms with Gasteiger partial charge in [0.05, 0.1) is 24.0 Å². The zero-order valence-corrected chi connectivity index (χ0v) is 10.1. The molecule has 95 valence electrons. The van der Waals surface area contributed by atoms with Gasteiger partial charge in [0, 0.05) is 0 Å². The van der Waals surface area contributed by atoms with Crippen LogP contribution >= 0.6 is 0 Å². The third-order valence-corrected chi connectivity index (χ3v) is 1.12. The Morgan fingerprint density at radius 1 is 0.824 bits per heavy atom. The number of aliphatic hydroxyl groups is 3. The van der Waals surface area contributed by atoms with E-state index in [0.717, 1.165) is 6.92 Å². The van der Waals surface area contributed by atoms with Gasteiger partial charge in [-0.2, -0.15) is 0 Å². The van der Waals surface area contributed by atoms with E-state index in [0.29, 0.717) is 0 Å². The van der Waals surface area contributed by atoms with Gasteiger partial charge < -0.3 is 45.0 Å². The third-order valence-electron chi connectivity index (χ3n) is 1.12. The fourth-order valence-electron chi connectivity index (χ4n) is 0.258. The number of aliphatic hydroxyl groups excluding tert-OH is 3. The number of aliphatic carboxylic acids is 3. The monoisotopic (exact) mass is 285 g/mol. The molecule has 0 fully saturated rings. The van der Waals surface area contributed by atoms with E-state index in [2.05, 4.69) is 0 Å². The first-order valence-corrected chi connectivity index (χ1v) is 3.78. The number of carbonyl (C=O) groups is 3. The standard InChI is InChI=1S/C4H6O6.C3H6O3.Ti/c5-1(3(7)8)2(6)4(9)10;1-2(4)3(5)6;/h1-2,5-6H,(H,7,8)(H,9,10);2,4H,1H3,(H,5,6);/q;;+3/p-3. The van der Waals surface area contributed by atoms with Crippen LogP contribution in [0, 0.1) is 0 Å². The summed E-state index contributed by atoms with van der Waals surface area (Å²) < 4.78 is 0. The Balaban J connectivity index is -0.000000244. The molecular weight excluding hydrogens is 276 g/mol. The van der Waals surface area contributed by atoms with Crippen LogP contribution in [0.25, 0.3) is 0 Å². The van der Waals surface area contributed by atoms with Gasteiger partial charge >= 0.3 is 21.7 Å². The summed E-state index contributed by atoms with van der Waals surface area (Å²) in [6.07, 6.45) is -6.22. The van der Waals surface area contributed by atoms with E-state index in [-0.39, 0.29) is 21.7 Å². The fourth-order valence-corrected chi connectivity index (χ4v) is 0.258. The van der Waals surface area contributed by atoms with E-state index in [4.69, 9.17) is 15.3 Å². The molecule has 3 atom stereocenters. The Kier molecular flexibility index (Phi) is 12.8. The van der Waals surface area contributed by atoms with Gasteiger partial charge in [-0.15, -0.1) is 0 Å². The van der Waals surface area contributed by atoms with Crippen molar-refractivity contribution in [2.45, 2.75) is 25.2 Å². The largest absolute Gasteiger partial charge is 3.00 e. The summed E-state index contributed by atoms with van der Waals surface area (Å²) in [5, 5.41) is 53.0. The van der Waals surface area contributed by atoms with E-state index in [1.165, 1.54) is 0 Å². The molecule has 10 heteroatoms. The predicted octanol–water partition coefficient (Wildman–Crippen LogP) is -6.68. The van der Waals surface area contributed by atoms with Crippen LogP contribution in [0.15, 0.2) is 0 Å². The van der Waals surface area contributed by atoms with Crippen LogP contribution in [0.1, 0.15) is 6.92 Å². The summed E-state index contributed by atoms with van der Waals surface area (Å²) in [5.74, 6) is -5.55. The van der Waals surface area contributed by atoms with Gasteiger partial charge in [-0.3, -0.25) is 0 Å². The molecule has 0 saturated heterocycles. The molecule has 0 aliphatic carbocycles. The van der Waals surface area contributed by atoms with Crippen molar-refractivity contribution in [2.24, 2.45) is 0 Å². The van der Waals surface area contributed by atoms with Crippen molar-refractivity contribution in [3.63, 3.8) is 0 Å². The number of hydrogen-bond acceptors (Lipinski definition) is 9. The molecule has 0 aromatic heterocycles. The van der Waals surface area contributed by atoms with Crippen molar-refractivity contribution in [2.75, 3.05) is 0 Å². The molecule has 0 aliphatic heterocycles. The number of rotatable bonds is 4.